The molecular weight excluding hydrogens is 532 g/mol. The number of carbonyl (C=O) groups is 5. The second-order valence-corrected chi connectivity index (χ2v) is 8.29. The summed E-state index contributed by atoms with van der Waals surface area (Å²) in [7, 11) is 0. The SMILES string of the molecule is Nc1nc2ncc(CNc3ccc(C(=O)N[C@@H](CCC(=O)[O-])C(=O)O)cc3)nc2c(=O)[nH]1.O=C1CCC(=O)N1O. The fourth-order valence-electron chi connectivity index (χ4n) is 3.31. The molecule has 0 unspecified atom stereocenters. The number of nitrogen functional groups attached to an aromatic ring is 1. The van der Waals surface area contributed by atoms with Crippen molar-refractivity contribution in [3.05, 3.63) is 52.1 Å². The number of amides is 3. The van der Waals surface area contributed by atoms with Gasteiger partial charge in [-0.1, -0.05) is 0 Å². The van der Waals surface area contributed by atoms with Gasteiger partial charge in [-0.3, -0.25) is 29.4 Å². The summed E-state index contributed by atoms with van der Waals surface area (Å²) in [5.74, 6) is -4.47. The van der Waals surface area contributed by atoms with E-state index in [2.05, 4.69) is 30.6 Å². The predicted molar refractivity (Wildman–Crippen MR) is 132 cm³/mol. The molecule has 210 valence electrons. The average Bonchev–Trinajstić information content (AvgIpc) is 3.21. The molecule has 1 aromatic carbocycles. The number of aliphatic carboxylic acids is 2. The zero-order valence-corrected chi connectivity index (χ0v) is 20.6. The van der Waals surface area contributed by atoms with Crippen LogP contribution in [0.1, 0.15) is 41.7 Å². The predicted octanol–water partition coefficient (Wildman–Crippen LogP) is -1.85. The van der Waals surface area contributed by atoms with Crippen molar-refractivity contribution in [1.82, 2.24) is 30.3 Å². The molecule has 3 aromatic rings. The van der Waals surface area contributed by atoms with Crippen LogP contribution in [0.4, 0.5) is 11.6 Å². The number of aromatic amines is 1. The smallest absolute Gasteiger partial charge is 0.326 e. The normalized spacial score (nSPS) is 13.4. The molecule has 2 aromatic heterocycles. The topological polar surface area (TPSA) is 274 Å². The van der Waals surface area contributed by atoms with Crippen LogP contribution in [0.2, 0.25) is 0 Å². The molecule has 1 aliphatic heterocycles. The van der Waals surface area contributed by atoms with E-state index in [0.717, 1.165) is 0 Å². The van der Waals surface area contributed by atoms with Crippen molar-refractivity contribution < 1.29 is 39.4 Å². The number of hydrogen-bond acceptors (Lipinski definition) is 13. The van der Waals surface area contributed by atoms with Gasteiger partial charge in [0.2, 0.25) is 5.95 Å². The summed E-state index contributed by atoms with van der Waals surface area (Å²) in [6.45, 7) is 0.225. The van der Waals surface area contributed by atoms with Crippen molar-refractivity contribution >= 4 is 52.5 Å². The minimum atomic E-state index is -1.40. The van der Waals surface area contributed by atoms with Crippen molar-refractivity contribution in [2.75, 3.05) is 11.1 Å². The number of carbonyl (C=O) groups excluding carboxylic acids is 4. The van der Waals surface area contributed by atoms with Gasteiger partial charge in [-0.05, 0) is 37.1 Å². The zero-order valence-electron chi connectivity index (χ0n) is 20.6. The number of nitrogens with two attached hydrogens (primary N) is 1. The number of benzene rings is 1. The van der Waals surface area contributed by atoms with Gasteiger partial charge in [0.05, 0.1) is 18.4 Å². The van der Waals surface area contributed by atoms with E-state index in [1.54, 1.807) is 12.1 Å². The Morgan fingerprint density at radius 2 is 1.75 bits per heavy atom. The molecule has 1 atom stereocenters. The van der Waals surface area contributed by atoms with Crippen LogP contribution in [-0.2, 0) is 25.7 Å². The maximum absolute atomic E-state index is 12.3. The van der Waals surface area contributed by atoms with Crippen LogP contribution in [0.25, 0.3) is 11.2 Å². The molecule has 3 amide bonds. The number of aromatic nitrogens is 4. The van der Waals surface area contributed by atoms with E-state index in [9.17, 15) is 33.9 Å². The third kappa shape index (κ3) is 7.78. The fourth-order valence-corrected chi connectivity index (χ4v) is 3.31. The van der Waals surface area contributed by atoms with Crippen molar-refractivity contribution in [1.29, 1.82) is 0 Å². The Hall–Kier alpha value is -5.45. The summed E-state index contributed by atoms with van der Waals surface area (Å²) in [4.78, 5) is 80.9. The highest BCUT2D eigenvalue weighted by atomic mass is 16.5. The molecule has 40 heavy (non-hydrogen) atoms. The van der Waals surface area contributed by atoms with Crippen LogP contribution in [0.3, 0.4) is 0 Å². The number of carboxylic acids is 2. The Kier molecular flexibility index (Phi) is 9.37. The van der Waals surface area contributed by atoms with Crippen molar-refractivity contribution in [2.45, 2.75) is 38.3 Å². The molecule has 7 N–H and O–H groups in total. The summed E-state index contributed by atoms with van der Waals surface area (Å²) in [5.41, 5.74) is 6.43. The monoisotopic (exact) mass is 555 g/mol. The molecule has 1 aliphatic rings. The third-order valence-electron chi connectivity index (χ3n) is 5.37. The van der Waals surface area contributed by atoms with Gasteiger partial charge in [-0.25, -0.2) is 14.8 Å². The molecule has 1 saturated heterocycles. The molecule has 0 saturated carbocycles. The van der Waals surface area contributed by atoms with Crippen LogP contribution < -0.4 is 27.0 Å². The molecule has 0 bridgehead atoms. The van der Waals surface area contributed by atoms with Crippen LogP contribution in [0.15, 0.2) is 35.3 Å². The number of imide groups is 1. The Balaban J connectivity index is 0.000000472. The molecule has 0 aliphatic carbocycles. The molecule has 17 heteroatoms. The van der Waals surface area contributed by atoms with Crippen LogP contribution in [0, 0.1) is 0 Å². The maximum atomic E-state index is 12.3. The Bertz CT molecular complexity index is 1490. The Labute approximate surface area is 224 Å². The van der Waals surface area contributed by atoms with Gasteiger partial charge in [0, 0.05) is 30.1 Å². The van der Waals surface area contributed by atoms with Crippen molar-refractivity contribution in [3.8, 4) is 0 Å². The van der Waals surface area contributed by atoms with Crippen molar-refractivity contribution in [3.63, 3.8) is 0 Å². The van der Waals surface area contributed by atoms with Gasteiger partial charge in [0.15, 0.2) is 11.2 Å². The second-order valence-electron chi connectivity index (χ2n) is 8.29. The summed E-state index contributed by atoms with van der Waals surface area (Å²) in [6.07, 6.45) is 0.959. The van der Waals surface area contributed by atoms with E-state index in [0.29, 0.717) is 11.4 Å². The summed E-state index contributed by atoms with van der Waals surface area (Å²) >= 11 is 0. The van der Waals surface area contributed by atoms with Gasteiger partial charge in [-0.2, -0.15) is 10.0 Å². The number of carboxylic acid groups (broad SMARTS) is 2. The lowest BCUT2D eigenvalue weighted by Crippen LogP contribution is -2.41. The number of nitrogens with one attached hydrogen (secondary N) is 3. The number of hydrogen-bond donors (Lipinski definition) is 6. The molecule has 0 spiro atoms. The largest absolute Gasteiger partial charge is 0.550 e. The van der Waals surface area contributed by atoms with Gasteiger partial charge in [0.1, 0.15) is 6.04 Å². The minimum Gasteiger partial charge on any atom is -0.550 e. The number of H-pyrrole nitrogens is 1. The first kappa shape index (κ1) is 29.1. The fraction of sp³-hybridized carbons (Fsp3) is 0.261. The highest BCUT2D eigenvalue weighted by Crippen LogP contribution is 2.12. The van der Waals surface area contributed by atoms with Gasteiger partial charge < -0.3 is 31.4 Å². The van der Waals surface area contributed by atoms with Gasteiger partial charge >= 0.3 is 5.97 Å². The summed E-state index contributed by atoms with van der Waals surface area (Å²) in [5, 5.41) is 33.5. The molecule has 17 nitrogen and oxygen atoms in total. The lowest BCUT2D eigenvalue weighted by Gasteiger charge is -2.15. The quantitative estimate of drug-likeness (QED) is 0.125. The molecule has 4 rings (SSSR count). The molecule has 1 fully saturated rings. The summed E-state index contributed by atoms with van der Waals surface area (Å²) in [6, 6.07) is 4.78. The molecule has 0 radical (unpaired) electrons. The van der Waals surface area contributed by atoms with Crippen LogP contribution >= 0.6 is 0 Å². The first-order valence-electron chi connectivity index (χ1n) is 11.6. The molecular formula is C23H23N8O9-. The number of hydroxylamine groups is 2. The first-order valence-corrected chi connectivity index (χ1v) is 11.6. The molecule has 3 heterocycles. The van der Waals surface area contributed by atoms with E-state index >= 15 is 0 Å². The van der Waals surface area contributed by atoms with E-state index in [1.807, 2.05) is 0 Å². The van der Waals surface area contributed by atoms with Crippen molar-refractivity contribution in [2.24, 2.45) is 0 Å². The number of anilines is 2. The second kappa shape index (κ2) is 12.9. The average molecular weight is 555 g/mol. The maximum Gasteiger partial charge on any atom is 0.326 e. The van der Waals surface area contributed by atoms with E-state index in [1.165, 1.54) is 18.3 Å². The zero-order chi connectivity index (χ0) is 29.4. The van der Waals surface area contributed by atoms with Crippen LogP contribution in [0.5, 0.6) is 0 Å². The lowest BCUT2D eigenvalue weighted by molar-refractivity contribution is -0.305. The highest BCUT2D eigenvalue weighted by molar-refractivity contribution is 6.00. The number of nitrogens with zero attached hydrogens (tertiary/aromatic N) is 4. The van der Waals surface area contributed by atoms with E-state index in [-0.39, 0.29) is 53.5 Å². The Morgan fingerprint density at radius 1 is 1.10 bits per heavy atom. The van der Waals surface area contributed by atoms with E-state index in [4.69, 9.17) is 16.0 Å². The highest BCUT2D eigenvalue weighted by Gasteiger charge is 2.26. The van der Waals surface area contributed by atoms with Gasteiger partial charge in [0.25, 0.3) is 23.3 Å². The Morgan fingerprint density at radius 3 is 2.30 bits per heavy atom. The standard InChI is InChI=1S/C19H19N7O6.C4H5NO3/c20-19-25-15-14(17(30)26-19)23-11(8-22-15)7-21-10-3-1-9(2-4-10)16(29)24-12(18(31)32)5-6-13(27)28;6-3-1-2-4(7)5(3)8/h1-4,8,12,21H,5-7H2,(H,24,29)(H,27,28)(H,31,32)(H3,20,22,25,26,30);8H,1-2H2/p-1/t12-;/m0./s1. The third-order valence-corrected chi connectivity index (χ3v) is 5.37. The minimum absolute atomic E-state index is 0.0529. The number of fused-ring (bicyclic) bond motifs is 1. The lowest BCUT2D eigenvalue weighted by atomic mass is 10.1. The van der Waals surface area contributed by atoms with Gasteiger partial charge in [-0.15, -0.1) is 0 Å². The summed E-state index contributed by atoms with van der Waals surface area (Å²) < 4.78 is 0. The first-order chi connectivity index (χ1) is 18.9. The number of rotatable bonds is 9. The van der Waals surface area contributed by atoms with Crippen LogP contribution in [-0.4, -0.2) is 71.0 Å². The van der Waals surface area contributed by atoms with E-state index < -0.39 is 47.7 Å².